The van der Waals surface area contributed by atoms with Gasteiger partial charge in [-0.25, -0.2) is 9.78 Å². The topological polar surface area (TPSA) is 94.2 Å². The van der Waals surface area contributed by atoms with Crippen molar-refractivity contribution < 1.29 is 9.59 Å². The van der Waals surface area contributed by atoms with Gasteiger partial charge in [-0.1, -0.05) is 18.2 Å². The van der Waals surface area contributed by atoms with E-state index in [0.717, 1.165) is 41.9 Å². The molecule has 0 radical (unpaired) electrons. The average molecular weight is 419 g/mol. The Labute approximate surface area is 180 Å². The van der Waals surface area contributed by atoms with Gasteiger partial charge in [0, 0.05) is 37.4 Å². The monoisotopic (exact) mass is 418 g/mol. The third kappa shape index (κ3) is 3.97. The molecule has 2 N–H and O–H groups in total. The SMILES string of the molecule is O=C(Nc1ccccc1)N1CCC(C(=O)N2CCCC2c2nc3ccncc3[nH]2)CC1. The van der Waals surface area contributed by atoms with Crippen LogP contribution in [0.5, 0.6) is 0 Å². The van der Waals surface area contributed by atoms with Gasteiger partial charge in [0.2, 0.25) is 5.91 Å². The molecule has 2 aromatic heterocycles. The van der Waals surface area contributed by atoms with Crippen LogP contribution >= 0.6 is 0 Å². The number of para-hydroxylation sites is 1. The lowest BCUT2D eigenvalue weighted by Crippen LogP contribution is -2.45. The summed E-state index contributed by atoms with van der Waals surface area (Å²) >= 11 is 0. The lowest BCUT2D eigenvalue weighted by atomic mass is 9.95. The van der Waals surface area contributed by atoms with Crippen LogP contribution in [-0.2, 0) is 4.79 Å². The third-order valence-corrected chi connectivity index (χ3v) is 6.31. The molecular formula is C23H26N6O2. The molecule has 8 heteroatoms. The molecule has 4 heterocycles. The Morgan fingerprint density at radius 3 is 2.61 bits per heavy atom. The highest BCUT2D eigenvalue weighted by atomic mass is 16.2. The number of hydrogen-bond donors (Lipinski definition) is 2. The predicted molar refractivity (Wildman–Crippen MR) is 117 cm³/mol. The number of imidazole rings is 1. The van der Waals surface area contributed by atoms with Gasteiger partial charge in [-0.2, -0.15) is 0 Å². The van der Waals surface area contributed by atoms with E-state index < -0.39 is 0 Å². The summed E-state index contributed by atoms with van der Waals surface area (Å²) in [4.78, 5) is 41.8. The van der Waals surface area contributed by atoms with E-state index in [1.807, 2.05) is 41.3 Å². The number of carbonyl (C=O) groups is 2. The molecule has 1 aromatic carbocycles. The normalized spacial score (nSPS) is 19.7. The van der Waals surface area contributed by atoms with Gasteiger partial charge >= 0.3 is 6.03 Å². The molecule has 0 aliphatic carbocycles. The summed E-state index contributed by atoms with van der Waals surface area (Å²) in [6, 6.07) is 11.2. The van der Waals surface area contributed by atoms with E-state index in [2.05, 4.69) is 15.3 Å². The second-order valence-corrected chi connectivity index (χ2v) is 8.26. The minimum atomic E-state index is -0.105. The van der Waals surface area contributed by atoms with E-state index in [1.165, 1.54) is 0 Å². The summed E-state index contributed by atoms with van der Waals surface area (Å²) in [6.07, 6.45) is 6.76. The number of carbonyl (C=O) groups excluding carboxylic acids is 2. The Morgan fingerprint density at radius 1 is 1.03 bits per heavy atom. The number of fused-ring (bicyclic) bond motifs is 1. The summed E-state index contributed by atoms with van der Waals surface area (Å²) in [5.74, 6) is 0.977. The maximum atomic E-state index is 13.3. The molecule has 2 saturated heterocycles. The van der Waals surface area contributed by atoms with Gasteiger partial charge < -0.3 is 20.1 Å². The quantitative estimate of drug-likeness (QED) is 0.680. The molecule has 0 spiro atoms. The lowest BCUT2D eigenvalue weighted by molar-refractivity contribution is -0.138. The number of benzene rings is 1. The minimum Gasteiger partial charge on any atom is -0.339 e. The van der Waals surface area contributed by atoms with Crippen LogP contribution in [0.4, 0.5) is 10.5 Å². The fraction of sp³-hybridized carbons (Fsp3) is 0.391. The highest BCUT2D eigenvalue weighted by Crippen LogP contribution is 2.34. The van der Waals surface area contributed by atoms with Crippen LogP contribution in [0.1, 0.15) is 37.5 Å². The zero-order chi connectivity index (χ0) is 21.2. The number of amides is 3. The van der Waals surface area contributed by atoms with Gasteiger partial charge in [-0.05, 0) is 43.9 Å². The van der Waals surface area contributed by atoms with Crippen molar-refractivity contribution in [2.45, 2.75) is 31.7 Å². The Balaban J connectivity index is 1.21. The van der Waals surface area contributed by atoms with Crippen molar-refractivity contribution in [3.63, 3.8) is 0 Å². The summed E-state index contributed by atoms with van der Waals surface area (Å²) in [6.45, 7) is 1.93. The molecule has 2 aliphatic rings. The molecule has 3 aromatic rings. The van der Waals surface area contributed by atoms with E-state index >= 15 is 0 Å². The van der Waals surface area contributed by atoms with Crippen LogP contribution in [0.15, 0.2) is 48.8 Å². The Morgan fingerprint density at radius 2 is 1.84 bits per heavy atom. The molecule has 2 aliphatic heterocycles. The molecule has 0 saturated carbocycles. The maximum absolute atomic E-state index is 13.3. The molecule has 3 amide bonds. The van der Waals surface area contributed by atoms with Crippen molar-refractivity contribution in [2.24, 2.45) is 5.92 Å². The van der Waals surface area contributed by atoms with Crippen LogP contribution in [0.2, 0.25) is 0 Å². The van der Waals surface area contributed by atoms with Crippen LogP contribution in [0.3, 0.4) is 0 Å². The number of aromatic nitrogens is 3. The minimum absolute atomic E-state index is 0.0145. The molecule has 5 rings (SSSR count). The maximum Gasteiger partial charge on any atom is 0.321 e. The van der Waals surface area contributed by atoms with Gasteiger partial charge in [0.1, 0.15) is 5.82 Å². The second kappa shape index (κ2) is 8.37. The number of hydrogen-bond acceptors (Lipinski definition) is 4. The van der Waals surface area contributed by atoms with Crippen molar-refractivity contribution in [1.82, 2.24) is 24.8 Å². The van der Waals surface area contributed by atoms with Crippen molar-refractivity contribution in [2.75, 3.05) is 25.0 Å². The molecular weight excluding hydrogens is 392 g/mol. The van der Waals surface area contributed by atoms with E-state index in [9.17, 15) is 9.59 Å². The Hall–Kier alpha value is -3.42. The van der Waals surface area contributed by atoms with E-state index in [-0.39, 0.29) is 23.9 Å². The van der Waals surface area contributed by atoms with Crippen LogP contribution < -0.4 is 5.32 Å². The van der Waals surface area contributed by atoms with Crippen molar-refractivity contribution in [3.8, 4) is 0 Å². The number of rotatable bonds is 3. The summed E-state index contributed by atoms with van der Waals surface area (Å²) in [5, 5.41) is 2.93. The number of H-pyrrole nitrogens is 1. The zero-order valence-electron chi connectivity index (χ0n) is 17.3. The van der Waals surface area contributed by atoms with Gasteiger partial charge in [0.25, 0.3) is 0 Å². The largest absolute Gasteiger partial charge is 0.339 e. The fourth-order valence-electron chi connectivity index (χ4n) is 4.64. The molecule has 160 valence electrons. The summed E-state index contributed by atoms with van der Waals surface area (Å²) in [5.41, 5.74) is 2.56. The molecule has 0 bridgehead atoms. The number of aromatic amines is 1. The number of nitrogens with one attached hydrogen (secondary N) is 2. The first kappa shape index (κ1) is 19.5. The molecule has 31 heavy (non-hydrogen) atoms. The molecule has 8 nitrogen and oxygen atoms in total. The molecule has 1 unspecified atom stereocenters. The van der Waals surface area contributed by atoms with Gasteiger partial charge in [0.15, 0.2) is 0 Å². The van der Waals surface area contributed by atoms with Crippen LogP contribution in [0, 0.1) is 5.92 Å². The standard InChI is InChI=1S/C23H26N6O2/c30-22(16-9-13-28(14-10-16)23(31)25-17-5-2-1-3-6-17)29-12-4-7-20(29)21-26-18-8-11-24-15-19(18)27-21/h1-3,5-6,8,11,15-16,20H,4,7,9-10,12-14H2,(H,25,31)(H,26,27). The van der Waals surface area contributed by atoms with Crippen LogP contribution in [-0.4, -0.2) is 56.3 Å². The summed E-state index contributed by atoms with van der Waals surface area (Å²) < 4.78 is 0. The first-order valence-electron chi connectivity index (χ1n) is 10.9. The predicted octanol–water partition coefficient (Wildman–Crippen LogP) is 3.57. The van der Waals surface area contributed by atoms with Gasteiger partial charge in [0.05, 0.1) is 23.3 Å². The van der Waals surface area contributed by atoms with E-state index in [0.29, 0.717) is 25.9 Å². The van der Waals surface area contributed by atoms with E-state index in [4.69, 9.17) is 4.98 Å². The molecule has 2 fully saturated rings. The fourth-order valence-corrected chi connectivity index (χ4v) is 4.64. The highest BCUT2D eigenvalue weighted by Gasteiger charge is 2.37. The van der Waals surface area contributed by atoms with Gasteiger partial charge in [-0.15, -0.1) is 0 Å². The van der Waals surface area contributed by atoms with Crippen molar-refractivity contribution in [1.29, 1.82) is 0 Å². The zero-order valence-corrected chi connectivity index (χ0v) is 17.3. The third-order valence-electron chi connectivity index (χ3n) is 6.31. The number of likely N-dealkylation sites (tertiary alicyclic amines) is 2. The van der Waals surface area contributed by atoms with Crippen LogP contribution in [0.25, 0.3) is 11.0 Å². The number of urea groups is 1. The number of nitrogens with zero attached hydrogens (tertiary/aromatic N) is 4. The highest BCUT2D eigenvalue weighted by molar-refractivity contribution is 5.89. The number of piperidine rings is 1. The van der Waals surface area contributed by atoms with Crippen molar-refractivity contribution >= 4 is 28.7 Å². The lowest BCUT2D eigenvalue weighted by Gasteiger charge is -2.34. The summed E-state index contributed by atoms with van der Waals surface area (Å²) in [7, 11) is 0. The average Bonchev–Trinajstić information content (AvgIpc) is 3.46. The van der Waals surface area contributed by atoms with Crippen molar-refractivity contribution in [3.05, 3.63) is 54.6 Å². The Bertz CT molecular complexity index is 1040. The number of pyridine rings is 1. The smallest absolute Gasteiger partial charge is 0.321 e. The first-order chi connectivity index (χ1) is 15.2. The van der Waals surface area contributed by atoms with E-state index in [1.54, 1.807) is 17.3 Å². The first-order valence-corrected chi connectivity index (χ1v) is 10.9. The number of anilines is 1. The second-order valence-electron chi connectivity index (χ2n) is 8.26. The molecule has 1 atom stereocenters. The van der Waals surface area contributed by atoms with Gasteiger partial charge in [-0.3, -0.25) is 9.78 Å². The Kier molecular flexibility index (Phi) is 5.28.